The summed E-state index contributed by atoms with van der Waals surface area (Å²) in [5, 5.41) is 3.78. The largest absolute Gasteiger partial charge is 0.416 e. The Morgan fingerprint density at radius 3 is 2.43 bits per heavy atom. The summed E-state index contributed by atoms with van der Waals surface area (Å²) in [5.41, 5.74) is 1.41. The number of nitrogens with one attached hydrogen (secondary N) is 2. The lowest BCUT2D eigenvalue weighted by Crippen LogP contribution is -2.26. The van der Waals surface area contributed by atoms with E-state index in [0.717, 1.165) is 34.7 Å². The van der Waals surface area contributed by atoms with Gasteiger partial charge in [-0.3, -0.25) is 0 Å². The SMILES string of the molecule is CNc1ncnc2ccc(-c3ccc(F)c(CCNS(=O)(=O)c4cccc(C(F)(F)F)c4)c3)cc12. The van der Waals surface area contributed by atoms with Crippen molar-refractivity contribution in [2.45, 2.75) is 17.5 Å². The van der Waals surface area contributed by atoms with Crippen LogP contribution in [-0.4, -0.2) is 32.0 Å². The van der Waals surface area contributed by atoms with Gasteiger partial charge in [0.05, 0.1) is 16.0 Å². The van der Waals surface area contributed by atoms with Gasteiger partial charge in [0.15, 0.2) is 0 Å². The normalized spacial score (nSPS) is 12.1. The van der Waals surface area contributed by atoms with Crippen LogP contribution >= 0.6 is 0 Å². The van der Waals surface area contributed by atoms with E-state index in [1.54, 1.807) is 19.2 Å². The van der Waals surface area contributed by atoms with Gasteiger partial charge in [-0.05, 0) is 65.6 Å². The van der Waals surface area contributed by atoms with Crippen molar-refractivity contribution in [2.24, 2.45) is 0 Å². The zero-order valence-electron chi connectivity index (χ0n) is 18.4. The number of aromatic nitrogens is 2. The van der Waals surface area contributed by atoms with E-state index in [4.69, 9.17) is 0 Å². The van der Waals surface area contributed by atoms with Crippen molar-refractivity contribution in [3.05, 3.63) is 83.9 Å². The molecule has 4 aromatic rings. The Balaban J connectivity index is 1.53. The van der Waals surface area contributed by atoms with Crippen LogP contribution in [0.3, 0.4) is 0 Å². The molecule has 0 radical (unpaired) electrons. The standard InChI is InChI=1S/C24H20F4N4O2S/c1-29-23-20-12-16(6-8-22(20)30-14-31-23)15-5-7-21(25)17(11-15)9-10-32-35(33,34)19-4-2-3-18(13-19)24(26,27)28/h2-8,11-14,32H,9-10H2,1H3,(H,29,30,31). The van der Waals surface area contributed by atoms with Gasteiger partial charge in [-0.1, -0.05) is 18.2 Å². The lowest BCUT2D eigenvalue weighted by molar-refractivity contribution is -0.137. The van der Waals surface area contributed by atoms with Gasteiger partial charge in [-0.2, -0.15) is 13.2 Å². The Morgan fingerprint density at radius 1 is 0.943 bits per heavy atom. The van der Waals surface area contributed by atoms with E-state index in [9.17, 15) is 26.0 Å². The number of nitrogens with zero attached hydrogens (tertiary/aromatic N) is 2. The second kappa shape index (κ2) is 9.59. The van der Waals surface area contributed by atoms with Gasteiger partial charge >= 0.3 is 6.18 Å². The number of sulfonamides is 1. The van der Waals surface area contributed by atoms with Crippen molar-refractivity contribution in [1.29, 1.82) is 0 Å². The number of benzene rings is 3. The summed E-state index contributed by atoms with van der Waals surface area (Å²) >= 11 is 0. The number of rotatable bonds is 7. The maximum atomic E-state index is 14.5. The lowest BCUT2D eigenvalue weighted by Gasteiger charge is -2.12. The maximum absolute atomic E-state index is 14.5. The van der Waals surface area contributed by atoms with Gasteiger partial charge in [0.25, 0.3) is 0 Å². The molecule has 1 heterocycles. The van der Waals surface area contributed by atoms with Crippen molar-refractivity contribution in [2.75, 3.05) is 18.9 Å². The molecule has 0 amide bonds. The van der Waals surface area contributed by atoms with Gasteiger partial charge in [0.1, 0.15) is 18.0 Å². The molecule has 0 spiro atoms. The molecule has 0 aliphatic carbocycles. The zero-order valence-corrected chi connectivity index (χ0v) is 19.2. The predicted octanol–water partition coefficient (Wildman–Crippen LogP) is 5.02. The molecule has 35 heavy (non-hydrogen) atoms. The first-order chi connectivity index (χ1) is 16.6. The molecule has 2 N–H and O–H groups in total. The molecule has 0 fully saturated rings. The Morgan fingerprint density at radius 2 is 1.69 bits per heavy atom. The second-order valence-corrected chi connectivity index (χ2v) is 9.45. The van der Waals surface area contributed by atoms with Crippen molar-refractivity contribution in [1.82, 2.24) is 14.7 Å². The minimum Gasteiger partial charge on any atom is -0.373 e. The molecule has 0 aliphatic rings. The molecule has 0 unspecified atom stereocenters. The van der Waals surface area contributed by atoms with Crippen molar-refractivity contribution >= 4 is 26.7 Å². The highest BCUT2D eigenvalue weighted by Gasteiger charge is 2.31. The fraction of sp³-hybridized carbons (Fsp3) is 0.167. The van der Waals surface area contributed by atoms with E-state index in [1.807, 2.05) is 18.2 Å². The number of fused-ring (bicyclic) bond motifs is 1. The number of alkyl halides is 3. The Hall–Kier alpha value is -3.57. The van der Waals surface area contributed by atoms with Crippen LogP contribution in [0.4, 0.5) is 23.4 Å². The first-order valence-corrected chi connectivity index (χ1v) is 11.9. The lowest BCUT2D eigenvalue weighted by atomic mass is 10.00. The minimum atomic E-state index is -4.67. The second-order valence-electron chi connectivity index (χ2n) is 7.68. The predicted molar refractivity (Wildman–Crippen MR) is 125 cm³/mol. The fourth-order valence-electron chi connectivity index (χ4n) is 3.62. The molecule has 6 nitrogen and oxygen atoms in total. The van der Waals surface area contributed by atoms with Crippen LogP contribution in [-0.2, 0) is 22.6 Å². The highest BCUT2D eigenvalue weighted by atomic mass is 32.2. The Labute approximate surface area is 199 Å². The van der Waals surface area contributed by atoms with Crippen molar-refractivity contribution < 1.29 is 26.0 Å². The van der Waals surface area contributed by atoms with Crippen molar-refractivity contribution in [3.8, 4) is 11.1 Å². The molecule has 4 rings (SSSR count). The van der Waals surface area contributed by atoms with E-state index in [-0.39, 0.29) is 18.5 Å². The van der Waals surface area contributed by atoms with Gasteiger partial charge in [-0.15, -0.1) is 0 Å². The third-order valence-electron chi connectivity index (χ3n) is 5.41. The molecule has 182 valence electrons. The topological polar surface area (TPSA) is 84.0 Å². The van der Waals surface area contributed by atoms with Crippen LogP contribution in [0.1, 0.15) is 11.1 Å². The van der Waals surface area contributed by atoms with Gasteiger partial charge in [-0.25, -0.2) is 27.5 Å². The van der Waals surface area contributed by atoms with Gasteiger partial charge in [0.2, 0.25) is 10.0 Å². The van der Waals surface area contributed by atoms with E-state index >= 15 is 0 Å². The number of hydrogen-bond acceptors (Lipinski definition) is 5. The molecule has 0 bridgehead atoms. The molecule has 0 saturated carbocycles. The average Bonchev–Trinajstić information content (AvgIpc) is 2.84. The molecular formula is C24H20F4N4O2S. The maximum Gasteiger partial charge on any atom is 0.416 e. The highest BCUT2D eigenvalue weighted by molar-refractivity contribution is 7.89. The Bertz CT molecular complexity index is 1490. The van der Waals surface area contributed by atoms with Gasteiger partial charge < -0.3 is 5.32 Å². The number of halogens is 4. The summed E-state index contributed by atoms with van der Waals surface area (Å²) in [6.07, 6.45) is -3.22. The van der Waals surface area contributed by atoms with Crippen molar-refractivity contribution in [3.63, 3.8) is 0 Å². The van der Waals surface area contributed by atoms with E-state index < -0.39 is 32.5 Å². The summed E-state index contributed by atoms with van der Waals surface area (Å²) in [4.78, 5) is 7.90. The van der Waals surface area contributed by atoms with Crippen LogP contribution in [0, 0.1) is 5.82 Å². The quantitative estimate of drug-likeness (QED) is 0.346. The summed E-state index contributed by atoms with van der Waals surface area (Å²) in [6, 6.07) is 13.5. The summed E-state index contributed by atoms with van der Waals surface area (Å²) in [5.74, 6) is 0.121. The first-order valence-electron chi connectivity index (χ1n) is 10.5. The van der Waals surface area contributed by atoms with Crippen LogP contribution in [0.25, 0.3) is 22.0 Å². The molecular weight excluding hydrogens is 484 g/mol. The smallest absolute Gasteiger partial charge is 0.373 e. The summed E-state index contributed by atoms with van der Waals surface area (Å²) in [7, 11) is -2.47. The summed E-state index contributed by atoms with van der Waals surface area (Å²) < 4.78 is 80.4. The molecule has 0 saturated heterocycles. The highest BCUT2D eigenvalue weighted by Crippen LogP contribution is 2.31. The monoisotopic (exact) mass is 504 g/mol. The fourth-order valence-corrected chi connectivity index (χ4v) is 4.70. The van der Waals surface area contributed by atoms with Crippen LogP contribution < -0.4 is 10.0 Å². The van der Waals surface area contributed by atoms with Crippen LogP contribution in [0.15, 0.2) is 71.9 Å². The molecule has 3 aromatic carbocycles. The average molecular weight is 505 g/mol. The van der Waals surface area contributed by atoms with Crippen LogP contribution in [0.5, 0.6) is 0 Å². The molecule has 0 atom stereocenters. The van der Waals surface area contributed by atoms with E-state index in [2.05, 4.69) is 20.0 Å². The molecule has 0 aliphatic heterocycles. The third kappa shape index (κ3) is 5.41. The number of anilines is 1. The first kappa shape index (κ1) is 24.6. The number of hydrogen-bond donors (Lipinski definition) is 2. The van der Waals surface area contributed by atoms with Crippen LogP contribution in [0.2, 0.25) is 0 Å². The van der Waals surface area contributed by atoms with Gasteiger partial charge in [0, 0.05) is 19.0 Å². The Kier molecular flexibility index (Phi) is 6.73. The molecule has 1 aromatic heterocycles. The minimum absolute atomic E-state index is 0.00365. The third-order valence-corrected chi connectivity index (χ3v) is 6.87. The summed E-state index contributed by atoms with van der Waals surface area (Å²) in [6.45, 7) is -0.200. The zero-order chi connectivity index (χ0) is 25.2. The van der Waals surface area contributed by atoms with E-state index in [1.165, 1.54) is 12.4 Å². The van der Waals surface area contributed by atoms with E-state index in [0.29, 0.717) is 17.4 Å². The molecule has 11 heteroatoms.